The number of ether oxygens (including phenoxy) is 1. The van der Waals surface area contributed by atoms with Crippen molar-refractivity contribution in [2.45, 2.75) is 6.61 Å². The van der Waals surface area contributed by atoms with Crippen LogP contribution in [0, 0.1) is 0 Å². The van der Waals surface area contributed by atoms with Crippen molar-refractivity contribution in [1.29, 1.82) is 0 Å². The number of rotatable bonds is 7. The molecule has 3 aromatic carbocycles. The third-order valence-electron chi connectivity index (χ3n) is 4.12. The van der Waals surface area contributed by atoms with Crippen LogP contribution in [0.3, 0.4) is 0 Å². The van der Waals surface area contributed by atoms with E-state index >= 15 is 0 Å². The quantitative estimate of drug-likeness (QED) is 0.248. The molecule has 29 heavy (non-hydrogen) atoms. The van der Waals surface area contributed by atoms with E-state index in [-0.39, 0.29) is 0 Å². The molecule has 0 saturated heterocycles. The maximum atomic E-state index is 5.86. The fourth-order valence-corrected chi connectivity index (χ4v) is 3.60. The molecule has 1 N–H and O–H groups in total. The lowest BCUT2D eigenvalue weighted by molar-refractivity contribution is 0.306. The molecule has 0 bridgehead atoms. The molecule has 0 aliphatic rings. The van der Waals surface area contributed by atoms with Crippen LogP contribution in [0.1, 0.15) is 11.1 Å². The molecule has 1 aromatic heterocycles. The number of anilines is 1. The Morgan fingerprint density at radius 3 is 2.66 bits per heavy atom. The van der Waals surface area contributed by atoms with Crippen LogP contribution in [0.2, 0.25) is 0 Å². The predicted octanol–water partition coefficient (Wildman–Crippen LogP) is 6.60. The number of aromatic nitrogens is 1. The Bertz CT molecular complexity index is 1090. The lowest BCUT2D eigenvalue weighted by Crippen LogP contribution is -1.96. The highest BCUT2D eigenvalue weighted by atomic mass is 79.9. The second kappa shape index (κ2) is 9.49. The van der Waals surface area contributed by atoms with Gasteiger partial charge in [-0.05, 0) is 35.4 Å². The molecule has 4 rings (SSSR count). The molecule has 4 aromatic rings. The Balaban J connectivity index is 1.35. The summed E-state index contributed by atoms with van der Waals surface area (Å²) < 4.78 is 6.91. The van der Waals surface area contributed by atoms with Crippen molar-refractivity contribution in [3.05, 3.63) is 99.8 Å². The van der Waals surface area contributed by atoms with Crippen molar-refractivity contribution in [3.8, 4) is 17.0 Å². The van der Waals surface area contributed by atoms with Crippen LogP contribution < -0.4 is 10.2 Å². The van der Waals surface area contributed by atoms with Gasteiger partial charge in [0.1, 0.15) is 12.4 Å². The van der Waals surface area contributed by atoms with Crippen LogP contribution >= 0.6 is 27.3 Å². The minimum absolute atomic E-state index is 0.539. The molecule has 0 amide bonds. The number of nitrogens with zero attached hydrogens (tertiary/aromatic N) is 2. The highest BCUT2D eigenvalue weighted by molar-refractivity contribution is 9.10. The number of thiazole rings is 1. The van der Waals surface area contributed by atoms with E-state index in [1.54, 1.807) is 6.21 Å². The van der Waals surface area contributed by atoms with Gasteiger partial charge in [0, 0.05) is 15.4 Å². The van der Waals surface area contributed by atoms with Gasteiger partial charge in [0.25, 0.3) is 0 Å². The average Bonchev–Trinajstić information content (AvgIpc) is 3.23. The van der Waals surface area contributed by atoms with Crippen molar-refractivity contribution < 1.29 is 4.74 Å². The maximum Gasteiger partial charge on any atom is 0.203 e. The van der Waals surface area contributed by atoms with Crippen LogP contribution in [0.5, 0.6) is 5.75 Å². The zero-order valence-electron chi connectivity index (χ0n) is 15.5. The summed E-state index contributed by atoms with van der Waals surface area (Å²) in [6, 6.07) is 26.0. The van der Waals surface area contributed by atoms with Gasteiger partial charge in [-0.3, -0.25) is 5.43 Å². The van der Waals surface area contributed by atoms with Gasteiger partial charge in [0.2, 0.25) is 5.13 Å². The smallest absolute Gasteiger partial charge is 0.203 e. The molecule has 144 valence electrons. The van der Waals surface area contributed by atoms with E-state index in [9.17, 15) is 0 Å². The largest absolute Gasteiger partial charge is 0.489 e. The third-order valence-corrected chi connectivity index (χ3v) is 5.40. The predicted molar refractivity (Wildman–Crippen MR) is 124 cm³/mol. The Morgan fingerprint density at radius 1 is 1.00 bits per heavy atom. The maximum absolute atomic E-state index is 5.86. The highest BCUT2D eigenvalue weighted by Crippen LogP contribution is 2.26. The molecule has 0 unspecified atom stereocenters. The Morgan fingerprint density at radius 2 is 1.83 bits per heavy atom. The van der Waals surface area contributed by atoms with Crippen LogP contribution in [0.4, 0.5) is 5.13 Å². The molecule has 0 saturated carbocycles. The van der Waals surface area contributed by atoms with Crippen molar-refractivity contribution in [2.24, 2.45) is 5.10 Å². The van der Waals surface area contributed by atoms with Gasteiger partial charge in [-0.2, -0.15) is 5.10 Å². The first-order valence-corrected chi connectivity index (χ1v) is 10.7. The van der Waals surface area contributed by atoms with Gasteiger partial charge in [0.05, 0.1) is 11.9 Å². The van der Waals surface area contributed by atoms with E-state index in [2.05, 4.69) is 31.4 Å². The first kappa shape index (κ1) is 19.4. The van der Waals surface area contributed by atoms with Crippen LogP contribution in [0.15, 0.2) is 93.8 Å². The summed E-state index contributed by atoms with van der Waals surface area (Å²) in [5, 5.41) is 7.06. The number of hydrazone groups is 1. The van der Waals surface area contributed by atoms with Gasteiger partial charge in [-0.25, -0.2) is 4.98 Å². The standard InChI is InChI=1S/C23H18BrN3OS/c24-20-11-9-19(10-12-20)22-16-29-23(26-22)27-25-14-18-7-4-8-21(13-18)28-15-17-5-2-1-3-6-17/h1-14,16H,15H2,(H,26,27). The van der Waals surface area contributed by atoms with Crippen LogP contribution in [-0.4, -0.2) is 11.2 Å². The minimum atomic E-state index is 0.539. The van der Waals surface area contributed by atoms with Gasteiger partial charge >= 0.3 is 0 Å². The lowest BCUT2D eigenvalue weighted by Gasteiger charge is -2.06. The number of halogens is 1. The fraction of sp³-hybridized carbons (Fsp3) is 0.0435. The molecule has 1 heterocycles. The van der Waals surface area contributed by atoms with Gasteiger partial charge in [-0.15, -0.1) is 11.3 Å². The molecule has 0 radical (unpaired) electrons. The molecule has 0 aliphatic heterocycles. The summed E-state index contributed by atoms with van der Waals surface area (Å²) in [5.41, 5.74) is 7.09. The van der Waals surface area contributed by atoms with Gasteiger partial charge in [-0.1, -0.05) is 70.5 Å². The lowest BCUT2D eigenvalue weighted by atomic mass is 10.2. The summed E-state index contributed by atoms with van der Waals surface area (Å²) in [5.74, 6) is 0.810. The second-order valence-corrected chi connectivity index (χ2v) is 8.04. The summed E-state index contributed by atoms with van der Waals surface area (Å²) in [4.78, 5) is 4.58. The molecule has 0 spiro atoms. The number of hydrogen-bond donors (Lipinski definition) is 1. The summed E-state index contributed by atoms with van der Waals surface area (Å²) in [6.07, 6.45) is 1.76. The monoisotopic (exact) mass is 463 g/mol. The molecule has 4 nitrogen and oxygen atoms in total. The number of benzene rings is 3. The van der Waals surface area contributed by atoms with E-state index in [0.717, 1.165) is 37.7 Å². The van der Waals surface area contributed by atoms with Crippen molar-refractivity contribution >= 4 is 38.6 Å². The molecule has 0 atom stereocenters. The van der Waals surface area contributed by atoms with E-state index in [1.807, 2.05) is 84.2 Å². The summed E-state index contributed by atoms with van der Waals surface area (Å²) >= 11 is 4.97. The first-order chi connectivity index (χ1) is 14.3. The molecular weight excluding hydrogens is 446 g/mol. The zero-order chi connectivity index (χ0) is 19.9. The normalized spacial score (nSPS) is 10.9. The SMILES string of the molecule is Brc1ccc(-c2csc(NN=Cc3cccc(OCc4ccccc4)c3)n2)cc1. The zero-order valence-corrected chi connectivity index (χ0v) is 17.9. The number of nitrogens with one attached hydrogen (secondary N) is 1. The first-order valence-electron chi connectivity index (χ1n) is 9.03. The van der Waals surface area contributed by atoms with Crippen molar-refractivity contribution in [2.75, 3.05) is 5.43 Å². The van der Waals surface area contributed by atoms with Crippen molar-refractivity contribution in [1.82, 2.24) is 4.98 Å². The van der Waals surface area contributed by atoms with E-state index in [0.29, 0.717) is 6.61 Å². The average molecular weight is 464 g/mol. The second-order valence-electron chi connectivity index (χ2n) is 6.26. The van der Waals surface area contributed by atoms with Crippen molar-refractivity contribution in [3.63, 3.8) is 0 Å². The topological polar surface area (TPSA) is 46.5 Å². The number of hydrogen-bond acceptors (Lipinski definition) is 5. The Labute approximate surface area is 182 Å². The molecule has 0 aliphatic carbocycles. The Hall–Kier alpha value is -2.96. The Kier molecular flexibility index (Phi) is 6.34. The highest BCUT2D eigenvalue weighted by Gasteiger charge is 2.04. The van der Waals surface area contributed by atoms with E-state index < -0.39 is 0 Å². The molecule has 6 heteroatoms. The summed E-state index contributed by atoms with van der Waals surface area (Å²) in [7, 11) is 0. The van der Waals surface area contributed by atoms with Gasteiger partial charge < -0.3 is 4.74 Å². The molecule has 0 fully saturated rings. The third kappa shape index (κ3) is 5.53. The van der Waals surface area contributed by atoms with Crippen LogP contribution in [0.25, 0.3) is 11.3 Å². The minimum Gasteiger partial charge on any atom is -0.489 e. The van der Waals surface area contributed by atoms with E-state index in [1.165, 1.54) is 11.3 Å². The summed E-state index contributed by atoms with van der Waals surface area (Å²) in [6.45, 7) is 0.539. The molecular formula is C23H18BrN3OS. The fourth-order valence-electron chi connectivity index (χ4n) is 2.67. The van der Waals surface area contributed by atoms with Gasteiger partial charge in [0.15, 0.2) is 0 Å². The van der Waals surface area contributed by atoms with E-state index in [4.69, 9.17) is 4.74 Å². The van der Waals surface area contributed by atoms with Crippen LogP contribution in [-0.2, 0) is 6.61 Å².